The Labute approximate surface area is 193 Å². The first-order chi connectivity index (χ1) is 15.4. The topological polar surface area (TPSA) is 16.1 Å². The molecule has 2 heterocycles. The lowest BCUT2D eigenvalue weighted by Gasteiger charge is -2.36. The van der Waals surface area contributed by atoms with Gasteiger partial charge in [-0.3, -0.25) is 0 Å². The van der Waals surface area contributed by atoms with Gasteiger partial charge in [0.05, 0.1) is 10.2 Å². The summed E-state index contributed by atoms with van der Waals surface area (Å²) in [5.41, 5.74) is 4.04. The molecule has 4 heteroatoms. The smallest absolute Gasteiger partial charge is 0.151 e. The Morgan fingerprint density at radius 2 is 1.45 bits per heavy atom. The Hall–Kier alpha value is -2.14. The highest BCUT2D eigenvalue weighted by molar-refractivity contribution is 8.01. The number of thiazole rings is 1. The minimum atomic E-state index is 0.502. The quantitative estimate of drug-likeness (QED) is 0.287. The highest BCUT2D eigenvalue weighted by atomic mass is 32.2. The maximum absolute atomic E-state index is 4.76. The second-order valence-electron chi connectivity index (χ2n) is 8.27. The summed E-state index contributed by atoms with van der Waals surface area (Å²) in [6.45, 7) is 3.54. The molecule has 0 spiro atoms. The number of fused-ring (bicyclic) bond motifs is 1. The van der Waals surface area contributed by atoms with Crippen LogP contribution in [0.4, 0.5) is 0 Å². The van der Waals surface area contributed by atoms with E-state index in [4.69, 9.17) is 4.98 Å². The van der Waals surface area contributed by atoms with Crippen molar-refractivity contribution in [2.24, 2.45) is 5.92 Å². The Balaban J connectivity index is 1.18. The molecule has 0 atom stereocenters. The standard InChI is InChI=1S/C27H28N2S2/c1-3-9-21(10-4-1)26(22-11-5-2-6-12-22)23-15-17-29(18-16-23)19-20-30-27-28-24-13-7-8-14-25(24)31-27/h1-14,23,26H,15-20H2. The van der Waals surface area contributed by atoms with E-state index >= 15 is 0 Å². The number of likely N-dealkylation sites (tertiary alicyclic amines) is 1. The van der Waals surface area contributed by atoms with Gasteiger partial charge >= 0.3 is 0 Å². The molecule has 2 nitrogen and oxygen atoms in total. The molecule has 1 aromatic heterocycles. The first kappa shape index (κ1) is 20.7. The Morgan fingerprint density at radius 3 is 2.10 bits per heavy atom. The number of benzene rings is 3. The van der Waals surface area contributed by atoms with Crippen LogP contribution in [0.15, 0.2) is 89.3 Å². The minimum absolute atomic E-state index is 0.502. The van der Waals surface area contributed by atoms with Crippen molar-refractivity contribution in [3.05, 3.63) is 96.1 Å². The second-order valence-corrected chi connectivity index (χ2v) is 10.6. The van der Waals surface area contributed by atoms with Gasteiger partial charge in [-0.15, -0.1) is 11.3 Å². The molecule has 0 bridgehead atoms. The summed E-state index contributed by atoms with van der Waals surface area (Å²) in [7, 11) is 0. The first-order valence-corrected chi connectivity index (χ1v) is 13.0. The van der Waals surface area contributed by atoms with Crippen molar-refractivity contribution in [2.75, 3.05) is 25.4 Å². The summed E-state index contributed by atoms with van der Waals surface area (Å²) >= 11 is 3.72. The second kappa shape index (κ2) is 9.99. The van der Waals surface area contributed by atoms with E-state index in [1.807, 2.05) is 23.1 Å². The van der Waals surface area contributed by atoms with Crippen LogP contribution in [0.25, 0.3) is 10.2 Å². The lowest BCUT2D eigenvalue weighted by molar-refractivity contribution is 0.184. The number of hydrogen-bond donors (Lipinski definition) is 0. The van der Waals surface area contributed by atoms with Gasteiger partial charge in [0.1, 0.15) is 0 Å². The fourth-order valence-corrected chi connectivity index (χ4v) is 6.88. The van der Waals surface area contributed by atoms with Gasteiger partial charge in [-0.2, -0.15) is 0 Å². The van der Waals surface area contributed by atoms with Gasteiger partial charge in [0, 0.05) is 18.2 Å². The number of piperidine rings is 1. The summed E-state index contributed by atoms with van der Waals surface area (Å²) in [6.07, 6.45) is 2.53. The molecular weight excluding hydrogens is 416 g/mol. The fraction of sp³-hybridized carbons (Fsp3) is 0.296. The summed E-state index contributed by atoms with van der Waals surface area (Å²) < 4.78 is 2.49. The molecule has 0 saturated carbocycles. The van der Waals surface area contributed by atoms with Crippen molar-refractivity contribution in [3.63, 3.8) is 0 Å². The molecule has 3 aromatic carbocycles. The van der Waals surface area contributed by atoms with Crippen LogP contribution >= 0.6 is 23.1 Å². The molecule has 1 saturated heterocycles. The Bertz CT molecular complexity index is 1010. The molecule has 0 aliphatic carbocycles. The lowest BCUT2D eigenvalue weighted by Crippen LogP contribution is -2.37. The van der Waals surface area contributed by atoms with Gasteiger partial charge in [0.15, 0.2) is 4.34 Å². The van der Waals surface area contributed by atoms with Gasteiger partial charge in [-0.05, 0) is 55.1 Å². The minimum Gasteiger partial charge on any atom is -0.302 e. The number of hydrogen-bond acceptors (Lipinski definition) is 4. The Morgan fingerprint density at radius 1 is 0.839 bits per heavy atom. The average molecular weight is 445 g/mol. The predicted molar refractivity (Wildman–Crippen MR) is 134 cm³/mol. The fourth-order valence-electron chi connectivity index (χ4n) is 4.74. The Kier molecular flexibility index (Phi) is 6.68. The van der Waals surface area contributed by atoms with Crippen LogP contribution in [0.2, 0.25) is 0 Å². The molecule has 1 aliphatic rings. The van der Waals surface area contributed by atoms with Crippen LogP contribution in [-0.2, 0) is 0 Å². The molecule has 5 rings (SSSR count). The maximum atomic E-state index is 4.76. The normalized spacial score (nSPS) is 15.6. The number of aromatic nitrogens is 1. The highest BCUT2D eigenvalue weighted by Crippen LogP contribution is 2.38. The van der Waals surface area contributed by atoms with Crippen LogP contribution in [0.3, 0.4) is 0 Å². The van der Waals surface area contributed by atoms with Crippen LogP contribution in [-0.4, -0.2) is 35.3 Å². The maximum Gasteiger partial charge on any atom is 0.151 e. The number of rotatable bonds is 7. The third-order valence-electron chi connectivity index (χ3n) is 6.33. The van der Waals surface area contributed by atoms with Crippen LogP contribution < -0.4 is 0 Å². The zero-order valence-electron chi connectivity index (χ0n) is 17.7. The summed E-state index contributed by atoms with van der Waals surface area (Å²) in [5, 5.41) is 0. The zero-order valence-corrected chi connectivity index (χ0v) is 19.3. The van der Waals surface area contributed by atoms with Crippen molar-refractivity contribution in [3.8, 4) is 0 Å². The van der Waals surface area contributed by atoms with Crippen molar-refractivity contribution in [1.82, 2.24) is 9.88 Å². The summed E-state index contributed by atoms with van der Waals surface area (Å²) in [5.74, 6) is 2.32. The van der Waals surface area contributed by atoms with Crippen LogP contribution in [0, 0.1) is 5.92 Å². The third kappa shape index (κ3) is 5.03. The molecule has 0 N–H and O–H groups in total. The van der Waals surface area contributed by atoms with Gasteiger partial charge in [0.2, 0.25) is 0 Å². The molecule has 0 unspecified atom stereocenters. The van der Waals surface area contributed by atoms with Crippen molar-refractivity contribution >= 4 is 33.3 Å². The summed E-state index contributed by atoms with van der Waals surface area (Å²) in [4.78, 5) is 7.40. The number of nitrogens with zero attached hydrogens (tertiary/aromatic N) is 2. The zero-order chi connectivity index (χ0) is 20.9. The van der Waals surface area contributed by atoms with Gasteiger partial charge < -0.3 is 4.90 Å². The van der Waals surface area contributed by atoms with E-state index in [0.29, 0.717) is 11.8 Å². The molecule has 158 valence electrons. The molecule has 1 aliphatic heterocycles. The highest BCUT2D eigenvalue weighted by Gasteiger charge is 2.28. The van der Waals surface area contributed by atoms with Gasteiger partial charge in [0.25, 0.3) is 0 Å². The van der Waals surface area contributed by atoms with Crippen molar-refractivity contribution in [2.45, 2.75) is 23.1 Å². The van der Waals surface area contributed by atoms with E-state index in [1.54, 1.807) is 0 Å². The van der Waals surface area contributed by atoms with Gasteiger partial charge in [-0.25, -0.2) is 4.98 Å². The largest absolute Gasteiger partial charge is 0.302 e. The van der Waals surface area contributed by atoms with E-state index in [-0.39, 0.29) is 0 Å². The van der Waals surface area contributed by atoms with E-state index in [9.17, 15) is 0 Å². The van der Waals surface area contributed by atoms with E-state index < -0.39 is 0 Å². The molecule has 0 amide bonds. The van der Waals surface area contributed by atoms with Crippen LogP contribution in [0.5, 0.6) is 0 Å². The molecule has 1 fully saturated rings. The van der Waals surface area contributed by atoms with Crippen LogP contribution in [0.1, 0.15) is 29.9 Å². The molecule has 4 aromatic rings. The number of para-hydroxylation sites is 1. The molecule has 31 heavy (non-hydrogen) atoms. The predicted octanol–water partition coefficient (Wildman–Crippen LogP) is 6.93. The van der Waals surface area contributed by atoms with Crippen molar-refractivity contribution < 1.29 is 0 Å². The average Bonchev–Trinajstić information content (AvgIpc) is 3.25. The molecule has 0 radical (unpaired) electrons. The lowest BCUT2D eigenvalue weighted by atomic mass is 9.76. The van der Waals surface area contributed by atoms with E-state index in [2.05, 4.69) is 89.8 Å². The number of thioether (sulfide) groups is 1. The SMILES string of the molecule is c1ccc(C(c2ccccc2)C2CCN(CCSc3nc4ccccc4s3)CC2)cc1. The molecular formula is C27H28N2S2. The monoisotopic (exact) mass is 444 g/mol. The van der Waals surface area contributed by atoms with Crippen molar-refractivity contribution in [1.29, 1.82) is 0 Å². The third-order valence-corrected chi connectivity index (χ3v) is 8.49. The van der Waals surface area contributed by atoms with Gasteiger partial charge in [-0.1, -0.05) is 84.6 Å². The summed E-state index contributed by atoms with van der Waals surface area (Å²) in [6, 6.07) is 30.6. The first-order valence-electron chi connectivity index (χ1n) is 11.2. The van der Waals surface area contributed by atoms with E-state index in [1.165, 1.54) is 46.1 Å². The van der Waals surface area contributed by atoms with E-state index in [0.717, 1.165) is 17.8 Å².